The maximum Gasteiger partial charge on any atom is 0.170 e. The van der Waals surface area contributed by atoms with Gasteiger partial charge in [0, 0.05) is 49.8 Å². The first-order valence-corrected chi connectivity index (χ1v) is 11.7. The third-order valence-electron chi connectivity index (χ3n) is 6.34. The molecule has 1 aromatic heterocycles. The molecule has 2 saturated heterocycles. The average molecular weight is 427 g/mol. The number of anilines is 2. The summed E-state index contributed by atoms with van der Waals surface area (Å²) in [6, 6.07) is 9.18. The lowest BCUT2D eigenvalue weighted by Gasteiger charge is -2.35. The van der Waals surface area contributed by atoms with Crippen molar-refractivity contribution in [2.75, 3.05) is 56.0 Å². The molecule has 6 nitrogen and oxygen atoms in total. The minimum absolute atomic E-state index is 0.633. The smallest absolute Gasteiger partial charge is 0.170 e. The molecule has 1 atom stereocenters. The maximum atomic E-state index is 5.49. The van der Waals surface area contributed by atoms with Crippen LogP contribution in [0.3, 0.4) is 0 Å². The molecule has 1 aromatic carbocycles. The molecule has 7 heteroatoms. The Morgan fingerprint density at radius 3 is 2.80 bits per heavy atom. The van der Waals surface area contributed by atoms with Crippen molar-refractivity contribution in [3.8, 4) is 0 Å². The van der Waals surface area contributed by atoms with Crippen LogP contribution >= 0.6 is 12.2 Å². The number of benzene rings is 1. The van der Waals surface area contributed by atoms with Gasteiger partial charge in [0.15, 0.2) is 5.11 Å². The molecule has 0 amide bonds. The number of hydrogen-bond donors (Lipinski definition) is 3. The first kappa shape index (κ1) is 21.3. The zero-order chi connectivity index (χ0) is 20.9. The van der Waals surface area contributed by atoms with E-state index >= 15 is 0 Å². The van der Waals surface area contributed by atoms with E-state index in [1.54, 1.807) is 0 Å². The Morgan fingerprint density at radius 2 is 2.07 bits per heavy atom. The SMILES string of the molecule is CCN1CCN(c2cc(C)c3cc(NC(=S)NCCC4CCCN4)ccc3n2)CC1. The summed E-state index contributed by atoms with van der Waals surface area (Å²) in [5.41, 5.74) is 3.30. The monoisotopic (exact) mass is 426 g/mol. The Morgan fingerprint density at radius 1 is 1.23 bits per heavy atom. The molecule has 162 valence electrons. The molecule has 30 heavy (non-hydrogen) atoms. The third-order valence-corrected chi connectivity index (χ3v) is 6.59. The topological polar surface area (TPSA) is 55.5 Å². The van der Waals surface area contributed by atoms with Gasteiger partial charge < -0.3 is 25.8 Å². The van der Waals surface area contributed by atoms with Gasteiger partial charge in [-0.15, -0.1) is 0 Å². The van der Waals surface area contributed by atoms with Crippen molar-refractivity contribution in [1.82, 2.24) is 20.5 Å². The molecular weight excluding hydrogens is 392 g/mol. The van der Waals surface area contributed by atoms with Gasteiger partial charge in [-0.3, -0.25) is 0 Å². The van der Waals surface area contributed by atoms with Crippen molar-refractivity contribution in [3.05, 3.63) is 29.8 Å². The fraction of sp³-hybridized carbons (Fsp3) is 0.565. The summed E-state index contributed by atoms with van der Waals surface area (Å²) >= 11 is 5.49. The highest BCUT2D eigenvalue weighted by Gasteiger charge is 2.18. The minimum atomic E-state index is 0.633. The maximum absolute atomic E-state index is 5.49. The Labute approximate surface area is 185 Å². The number of aromatic nitrogens is 1. The molecule has 2 fully saturated rings. The minimum Gasteiger partial charge on any atom is -0.362 e. The molecule has 2 aliphatic rings. The van der Waals surface area contributed by atoms with E-state index in [4.69, 9.17) is 17.2 Å². The van der Waals surface area contributed by atoms with Gasteiger partial charge in [-0.2, -0.15) is 0 Å². The van der Waals surface area contributed by atoms with Crippen molar-refractivity contribution in [2.24, 2.45) is 0 Å². The van der Waals surface area contributed by atoms with Crippen LogP contribution in [0.15, 0.2) is 24.3 Å². The average Bonchev–Trinajstić information content (AvgIpc) is 3.27. The zero-order valence-corrected chi connectivity index (χ0v) is 19.0. The highest BCUT2D eigenvalue weighted by molar-refractivity contribution is 7.80. The van der Waals surface area contributed by atoms with Crippen molar-refractivity contribution in [1.29, 1.82) is 0 Å². The second-order valence-corrected chi connectivity index (χ2v) is 8.82. The van der Waals surface area contributed by atoms with Crippen LogP contribution in [0.1, 0.15) is 31.7 Å². The van der Waals surface area contributed by atoms with Crippen LogP contribution in [0.2, 0.25) is 0 Å². The molecule has 1 unspecified atom stereocenters. The summed E-state index contributed by atoms with van der Waals surface area (Å²) in [6.07, 6.45) is 3.67. The van der Waals surface area contributed by atoms with Gasteiger partial charge in [-0.25, -0.2) is 4.98 Å². The van der Waals surface area contributed by atoms with Gasteiger partial charge >= 0.3 is 0 Å². The van der Waals surface area contributed by atoms with Gasteiger partial charge in [0.25, 0.3) is 0 Å². The van der Waals surface area contributed by atoms with E-state index in [9.17, 15) is 0 Å². The second kappa shape index (κ2) is 9.90. The number of pyridine rings is 1. The largest absolute Gasteiger partial charge is 0.362 e. The van der Waals surface area contributed by atoms with Crippen LogP contribution in [-0.4, -0.2) is 66.9 Å². The van der Waals surface area contributed by atoms with E-state index < -0.39 is 0 Å². The fourth-order valence-electron chi connectivity index (χ4n) is 4.45. The molecule has 3 heterocycles. The number of likely N-dealkylation sites (N-methyl/N-ethyl adjacent to an activating group) is 1. The number of nitrogens with zero attached hydrogens (tertiary/aromatic N) is 3. The molecule has 0 aliphatic carbocycles. The van der Waals surface area contributed by atoms with E-state index in [0.717, 1.165) is 69.3 Å². The molecular formula is C23H34N6S. The number of rotatable bonds is 6. The normalized spacial score (nSPS) is 19.9. The predicted molar refractivity (Wildman–Crippen MR) is 131 cm³/mol. The van der Waals surface area contributed by atoms with Gasteiger partial charge in [0.1, 0.15) is 5.82 Å². The number of fused-ring (bicyclic) bond motifs is 1. The molecule has 3 N–H and O–H groups in total. The van der Waals surface area contributed by atoms with E-state index in [-0.39, 0.29) is 0 Å². The van der Waals surface area contributed by atoms with Crippen LogP contribution in [0.25, 0.3) is 10.9 Å². The van der Waals surface area contributed by atoms with Crippen LogP contribution in [0, 0.1) is 6.92 Å². The summed E-state index contributed by atoms with van der Waals surface area (Å²) in [7, 11) is 0. The van der Waals surface area contributed by atoms with Crippen molar-refractivity contribution in [2.45, 2.75) is 39.2 Å². The molecule has 2 aromatic rings. The summed E-state index contributed by atoms with van der Waals surface area (Å²) in [6.45, 7) is 11.9. The van der Waals surface area contributed by atoms with Crippen LogP contribution in [0.5, 0.6) is 0 Å². The predicted octanol–water partition coefficient (Wildman–Crippen LogP) is 3.11. The zero-order valence-electron chi connectivity index (χ0n) is 18.2. The second-order valence-electron chi connectivity index (χ2n) is 8.41. The summed E-state index contributed by atoms with van der Waals surface area (Å²) in [5.74, 6) is 1.09. The first-order chi connectivity index (χ1) is 14.6. The number of aryl methyl sites for hydroxylation is 1. The number of nitrogens with one attached hydrogen (secondary N) is 3. The summed E-state index contributed by atoms with van der Waals surface area (Å²) < 4.78 is 0. The number of thiocarbonyl (C=S) groups is 1. The number of piperazine rings is 1. The Hall–Kier alpha value is -1.96. The van der Waals surface area contributed by atoms with Crippen LogP contribution in [-0.2, 0) is 0 Å². The van der Waals surface area contributed by atoms with Gasteiger partial charge in [-0.05, 0) is 81.3 Å². The summed E-state index contributed by atoms with van der Waals surface area (Å²) in [5, 5.41) is 12.0. The fourth-order valence-corrected chi connectivity index (χ4v) is 4.67. The summed E-state index contributed by atoms with van der Waals surface area (Å²) in [4.78, 5) is 9.84. The van der Waals surface area contributed by atoms with E-state index in [2.05, 4.69) is 63.9 Å². The first-order valence-electron chi connectivity index (χ1n) is 11.3. The van der Waals surface area contributed by atoms with Gasteiger partial charge in [-0.1, -0.05) is 6.92 Å². The number of hydrogen-bond acceptors (Lipinski definition) is 5. The molecule has 0 spiro atoms. The highest BCUT2D eigenvalue weighted by Crippen LogP contribution is 2.26. The molecule has 2 aliphatic heterocycles. The highest BCUT2D eigenvalue weighted by atomic mass is 32.1. The molecule has 4 rings (SSSR count). The van der Waals surface area contributed by atoms with E-state index in [1.807, 2.05) is 0 Å². The van der Waals surface area contributed by atoms with Crippen molar-refractivity contribution < 1.29 is 0 Å². The molecule has 0 bridgehead atoms. The van der Waals surface area contributed by atoms with E-state index in [0.29, 0.717) is 11.2 Å². The van der Waals surface area contributed by atoms with Crippen molar-refractivity contribution in [3.63, 3.8) is 0 Å². The lowest BCUT2D eigenvalue weighted by molar-refractivity contribution is 0.270. The lowest BCUT2D eigenvalue weighted by atomic mass is 10.1. The van der Waals surface area contributed by atoms with Crippen molar-refractivity contribution >= 4 is 39.7 Å². The Bertz CT molecular complexity index is 871. The Kier molecular flexibility index (Phi) is 7.02. The lowest BCUT2D eigenvalue weighted by Crippen LogP contribution is -2.46. The third kappa shape index (κ3) is 5.20. The quantitative estimate of drug-likeness (QED) is 0.614. The molecule has 0 saturated carbocycles. The van der Waals surface area contributed by atoms with Gasteiger partial charge in [0.2, 0.25) is 0 Å². The standard InChI is InChI=1S/C23H34N6S/c1-3-28-11-13-29(14-12-28)22-15-17(2)20-16-19(6-7-21(20)27-22)26-23(30)25-10-8-18-5-4-9-24-18/h6-7,15-16,18,24H,3-5,8-14H2,1-2H3,(H2,25,26,30). The Balaban J connectivity index is 1.37. The van der Waals surface area contributed by atoms with Crippen LogP contribution < -0.4 is 20.9 Å². The van der Waals surface area contributed by atoms with Crippen LogP contribution in [0.4, 0.5) is 11.5 Å². The van der Waals surface area contributed by atoms with Gasteiger partial charge in [0.05, 0.1) is 5.52 Å². The molecule has 0 radical (unpaired) electrons. The van der Waals surface area contributed by atoms with E-state index in [1.165, 1.54) is 23.8 Å².